The van der Waals surface area contributed by atoms with Crippen LogP contribution in [0.25, 0.3) is 0 Å². The molecular formula is C15H19FN2O3. The Labute approximate surface area is 122 Å². The van der Waals surface area contributed by atoms with Gasteiger partial charge in [0.15, 0.2) is 0 Å². The van der Waals surface area contributed by atoms with Crippen molar-refractivity contribution in [1.82, 2.24) is 0 Å². The minimum Gasteiger partial charge on any atom is -0.481 e. The Morgan fingerprint density at radius 2 is 1.95 bits per heavy atom. The molecule has 0 saturated heterocycles. The Balaban J connectivity index is 2.18. The second kappa shape index (κ2) is 6.11. The lowest BCUT2D eigenvalue weighted by molar-refractivity contribution is -0.150. The summed E-state index contributed by atoms with van der Waals surface area (Å²) in [6.45, 7) is 0.203. The molecule has 0 spiro atoms. The van der Waals surface area contributed by atoms with Crippen molar-refractivity contribution in [2.45, 2.75) is 32.1 Å². The lowest BCUT2D eigenvalue weighted by Crippen LogP contribution is -2.40. The van der Waals surface area contributed by atoms with Gasteiger partial charge in [0.2, 0.25) is 0 Å². The van der Waals surface area contributed by atoms with Crippen LogP contribution in [0.1, 0.15) is 42.5 Å². The van der Waals surface area contributed by atoms with Gasteiger partial charge in [-0.15, -0.1) is 0 Å². The highest BCUT2D eigenvalue weighted by Crippen LogP contribution is 2.37. The summed E-state index contributed by atoms with van der Waals surface area (Å²) in [5.74, 6) is -2.14. The number of carboxylic acid groups (broad SMARTS) is 1. The van der Waals surface area contributed by atoms with Crippen LogP contribution >= 0.6 is 0 Å². The van der Waals surface area contributed by atoms with Crippen LogP contribution in [0.2, 0.25) is 0 Å². The van der Waals surface area contributed by atoms with Crippen LogP contribution < -0.4 is 11.1 Å². The van der Waals surface area contributed by atoms with E-state index in [-0.39, 0.29) is 12.1 Å². The van der Waals surface area contributed by atoms with Crippen molar-refractivity contribution >= 4 is 17.6 Å². The van der Waals surface area contributed by atoms with Crippen molar-refractivity contribution in [2.75, 3.05) is 11.9 Å². The normalized spacial score (nSPS) is 17.2. The number of hydrogen-bond donors (Lipinski definition) is 3. The Bertz CT molecular complexity index is 554. The standard InChI is InChI=1S/C15H19FN2O3/c16-10-4-5-12(11(8-10)13(17)19)18-9-15(14(20)21)6-2-1-3-7-15/h4-5,8,18H,1-3,6-7,9H2,(H2,17,19)(H,20,21). The molecule has 2 rings (SSSR count). The van der Waals surface area contributed by atoms with Crippen LogP contribution in [-0.2, 0) is 4.79 Å². The highest BCUT2D eigenvalue weighted by Gasteiger charge is 2.39. The number of carboxylic acids is 1. The van der Waals surface area contributed by atoms with Crippen molar-refractivity contribution in [2.24, 2.45) is 11.1 Å². The molecule has 21 heavy (non-hydrogen) atoms. The Kier molecular flexibility index (Phi) is 4.45. The first-order valence-electron chi connectivity index (χ1n) is 7.01. The fraction of sp³-hybridized carbons (Fsp3) is 0.467. The summed E-state index contributed by atoms with van der Waals surface area (Å²) >= 11 is 0. The topological polar surface area (TPSA) is 92.4 Å². The van der Waals surface area contributed by atoms with E-state index in [2.05, 4.69) is 5.32 Å². The number of halogens is 1. The van der Waals surface area contributed by atoms with Gasteiger partial charge in [-0.1, -0.05) is 19.3 Å². The van der Waals surface area contributed by atoms with Crippen molar-refractivity contribution in [3.8, 4) is 0 Å². The summed E-state index contributed by atoms with van der Waals surface area (Å²) in [7, 11) is 0. The van der Waals surface area contributed by atoms with E-state index in [1.807, 2.05) is 0 Å². The molecule has 6 heteroatoms. The van der Waals surface area contributed by atoms with E-state index < -0.39 is 23.1 Å². The largest absolute Gasteiger partial charge is 0.481 e. The quantitative estimate of drug-likeness (QED) is 0.777. The molecule has 1 saturated carbocycles. The third-order valence-electron chi connectivity index (χ3n) is 4.13. The van der Waals surface area contributed by atoms with Gasteiger partial charge in [-0.2, -0.15) is 0 Å². The SMILES string of the molecule is NC(=O)c1cc(F)ccc1NCC1(C(=O)O)CCCCC1. The molecular weight excluding hydrogens is 275 g/mol. The summed E-state index contributed by atoms with van der Waals surface area (Å²) in [6, 6.07) is 3.68. The number of anilines is 1. The maximum absolute atomic E-state index is 13.2. The highest BCUT2D eigenvalue weighted by atomic mass is 19.1. The van der Waals surface area contributed by atoms with Gasteiger partial charge < -0.3 is 16.2 Å². The lowest BCUT2D eigenvalue weighted by atomic mass is 9.74. The fourth-order valence-electron chi connectivity index (χ4n) is 2.83. The van der Waals surface area contributed by atoms with Crippen LogP contribution in [0.3, 0.4) is 0 Å². The number of aliphatic carboxylic acids is 1. The maximum Gasteiger partial charge on any atom is 0.311 e. The Morgan fingerprint density at radius 3 is 2.52 bits per heavy atom. The minimum absolute atomic E-state index is 0.0337. The summed E-state index contributed by atoms with van der Waals surface area (Å²) in [5.41, 5.74) is 4.80. The molecule has 0 atom stereocenters. The first kappa shape index (κ1) is 15.3. The maximum atomic E-state index is 13.2. The molecule has 1 fully saturated rings. The van der Waals surface area contributed by atoms with Gasteiger partial charge in [-0.05, 0) is 31.0 Å². The second-order valence-electron chi connectivity index (χ2n) is 5.55. The van der Waals surface area contributed by atoms with E-state index in [1.165, 1.54) is 12.1 Å². The van der Waals surface area contributed by atoms with Crippen molar-refractivity contribution < 1.29 is 19.1 Å². The smallest absolute Gasteiger partial charge is 0.311 e. The van der Waals surface area contributed by atoms with E-state index in [0.29, 0.717) is 18.5 Å². The first-order chi connectivity index (χ1) is 9.94. The zero-order valence-corrected chi connectivity index (χ0v) is 11.7. The molecule has 1 amide bonds. The zero-order chi connectivity index (χ0) is 15.5. The minimum atomic E-state index is -0.836. The first-order valence-corrected chi connectivity index (χ1v) is 7.01. The molecule has 0 bridgehead atoms. The van der Waals surface area contributed by atoms with Gasteiger partial charge in [0.1, 0.15) is 5.82 Å². The number of nitrogens with two attached hydrogens (primary N) is 1. The Morgan fingerprint density at radius 1 is 1.29 bits per heavy atom. The molecule has 0 aliphatic heterocycles. The third-order valence-corrected chi connectivity index (χ3v) is 4.13. The van der Waals surface area contributed by atoms with Crippen molar-refractivity contribution in [3.05, 3.63) is 29.6 Å². The number of benzene rings is 1. The molecule has 5 nitrogen and oxygen atoms in total. The number of hydrogen-bond acceptors (Lipinski definition) is 3. The number of rotatable bonds is 5. The summed E-state index contributed by atoms with van der Waals surface area (Å²) in [6.07, 6.45) is 3.99. The molecule has 0 unspecified atom stereocenters. The predicted molar refractivity (Wildman–Crippen MR) is 76.6 cm³/mol. The average molecular weight is 294 g/mol. The van der Waals surface area contributed by atoms with Crippen molar-refractivity contribution in [1.29, 1.82) is 0 Å². The molecule has 4 N–H and O–H groups in total. The number of carbonyl (C=O) groups is 2. The van der Waals surface area contributed by atoms with E-state index in [0.717, 1.165) is 25.3 Å². The Hall–Kier alpha value is -2.11. The lowest BCUT2D eigenvalue weighted by Gasteiger charge is -2.33. The fourth-order valence-corrected chi connectivity index (χ4v) is 2.83. The molecule has 0 aromatic heterocycles. The zero-order valence-electron chi connectivity index (χ0n) is 11.7. The van der Waals surface area contributed by atoms with Crippen LogP contribution in [-0.4, -0.2) is 23.5 Å². The van der Waals surface area contributed by atoms with Crippen LogP contribution in [0.5, 0.6) is 0 Å². The molecule has 114 valence electrons. The molecule has 1 aliphatic rings. The van der Waals surface area contributed by atoms with Gasteiger partial charge in [-0.3, -0.25) is 9.59 Å². The monoisotopic (exact) mass is 294 g/mol. The van der Waals surface area contributed by atoms with Crippen LogP contribution in [0.15, 0.2) is 18.2 Å². The summed E-state index contributed by atoms with van der Waals surface area (Å²) in [4.78, 5) is 22.9. The van der Waals surface area contributed by atoms with Crippen LogP contribution in [0.4, 0.5) is 10.1 Å². The van der Waals surface area contributed by atoms with Gasteiger partial charge in [0.25, 0.3) is 5.91 Å². The van der Waals surface area contributed by atoms with Gasteiger partial charge in [0.05, 0.1) is 11.0 Å². The summed E-state index contributed by atoms with van der Waals surface area (Å²) < 4.78 is 13.2. The van der Waals surface area contributed by atoms with E-state index >= 15 is 0 Å². The number of amides is 1. The van der Waals surface area contributed by atoms with E-state index in [1.54, 1.807) is 0 Å². The third kappa shape index (κ3) is 3.32. The second-order valence-corrected chi connectivity index (χ2v) is 5.55. The van der Waals surface area contributed by atoms with Gasteiger partial charge >= 0.3 is 5.97 Å². The molecule has 1 aromatic rings. The molecule has 1 aliphatic carbocycles. The van der Waals surface area contributed by atoms with Gasteiger partial charge in [-0.25, -0.2) is 4.39 Å². The number of primary amides is 1. The molecule has 0 radical (unpaired) electrons. The highest BCUT2D eigenvalue weighted by molar-refractivity contribution is 5.98. The molecule has 0 heterocycles. The molecule has 1 aromatic carbocycles. The van der Waals surface area contributed by atoms with Crippen molar-refractivity contribution in [3.63, 3.8) is 0 Å². The summed E-state index contributed by atoms with van der Waals surface area (Å²) in [5, 5.41) is 12.5. The van der Waals surface area contributed by atoms with Gasteiger partial charge in [0, 0.05) is 12.2 Å². The predicted octanol–water partition coefficient (Wildman–Crippen LogP) is 2.37. The van der Waals surface area contributed by atoms with E-state index in [4.69, 9.17) is 5.73 Å². The number of nitrogens with one attached hydrogen (secondary N) is 1. The number of carbonyl (C=O) groups excluding carboxylic acids is 1. The average Bonchev–Trinajstić information content (AvgIpc) is 2.46. The van der Waals surface area contributed by atoms with E-state index in [9.17, 15) is 19.1 Å². The van der Waals surface area contributed by atoms with Crippen LogP contribution in [0, 0.1) is 11.2 Å².